The van der Waals surface area contributed by atoms with Crippen LogP contribution < -0.4 is 10.0 Å². The van der Waals surface area contributed by atoms with Crippen molar-refractivity contribution in [2.45, 2.75) is 36.7 Å². The largest absolute Gasteiger partial charge is 0.313 e. The highest BCUT2D eigenvalue weighted by Crippen LogP contribution is 2.21. The molecule has 0 spiro atoms. The van der Waals surface area contributed by atoms with Crippen LogP contribution in [0.1, 0.15) is 25.3 Å². The fraction of sp³-hybridized carbons (Fsp3) is 0.462. The molecule has 5 nitrogen and oxygen atoms in total. The highest BCUT2D eigenvalue weighted by atomic mass is 35.5. The number of nitrogens with zero attached hydrogens (tertiary/aromatic N) is 1. The smallest absolute Gasteiger partial charge is 0.242 e. The second kappa shape index (κ2) is 6.10. The molecule has 7 heteroatoms. The van der Waals surface area contributed by atoms with E-state index in [0.29, 0.717) is 5.02 Å². The Labute approximate surface area is 124 Å². The Morgan fingerprint density at radius 3 is 2.90 bits per heavy atom. The molecule has 108 valence electrons. The van der Waals surface area contributed by atoms with E-state index in [1.165, 1.54) is 18.2 Å². The van der Waals surface area contributed by atoms with E-state index in [1.54, 1.807) is 0 Å². The lowest BCUT2D eigenvalue weighted by atomic mass is 10.0. The van der Waals surface area contributed by atoms with Crippen molar-refractivity contribution in [1.82, 2.24) is 10.0 Å². The number of rotatable bonds is 3. The Bertz CT molecular complexity index is 640. The van der Waals surface area contributed by atoms with Crippen LogP contribution in [0.5, 0.6) is 0 Å². The average Bonchev–Trinajstić information content (AvgIpc) is 2.41. The van der Waals surface area contributed by atoms with Crippen molar-refractivity contribution in [3.8, 4) is 6.07 Å². The van der Waals surface area contributed by atoms with Crippen molar-refractivity contribution < 1.29 is 8.42 Å². The first-order valence-electron chi connectivity index (χ1n) is 6.39. The Morgan fingerprint density at radius 2 is 2.25 bits per heavy atom. The quantitative estimate of drug-likeness (QED) is 0.888. The van der Waals surface area contributed by atoms with Gasteiger partial charge in [0.15, 0.2) is 0 Å². The molecule has 1 aromatic carbocycles. The summed E-state index contributed by atoms with van der Waals surface area (Å²) in [6.07, 6.45) is 1.69. The van der Waals surface area contributed by atoms with Gasteiger partial charge in [0.1, 0.15) is 11.0 Å². The molecular weight excluding hydrogens is 298 g/mol. The highest BCUT2D eigenvalue weighted by molar-refractivity contribution is 7.89. The van der Waals surface area contributed by atoms with Gasteiger partial charge in [0.25, 0.3) is 0 Å². The van der Waals surface area contributed by atoms with E-state index in [-0.39, 0.29) is 22.5 Å². The Balaban J connectivity index is 2.31. The maximum absolute atomic E-state index is 12.4. The summed E-state index contributed by atoms with van der Waals surface area (Å²) in [6.45, 7) is 2.83. The predicted molar refractivity (Wildman–Crippen MR) is 77.0 cm³/mol. The van der Waals surface area contributed by atoms with Crippen molar-refractivity contribution >= 4 is 21.6 Å². The average molecular weight is 314 g/mol. The third-order valence-electron chi connectivity index (χ3n) is 3.42. The van der Waals surface area contributed by atoms with Gasteiger partial charge >= 0.3 is 0 Å². The molecule has 1 heterocycles. The van der Waals surface area contributed by atoms with Crippen LogP contribution in [-0.4, -0.2) is 27.0 Å². The predicted octanol–water partition coefficient (Wildman–Crippen LogP) is 1.63. The molecule has 2 rings (SSSR count). The molecule has 0 amide bonds. The van der Waals surface area contributed by atoms with Gasteiger partial charge in [-0.3, -0.25) is 0 Å². The first-order chi connectivity index (χ1) is 9.44. The van der Waals surface area contributed by atoms with Crippen LogP contribution in [0.2, 0.25) is 5.02 Å². The summed E-state index contributed by atoms with van der Waals surface area (Å²) in [7, 11) is -3.76. The van der Waals surface area contributed by atoms with Gasteiger partial charge in [-0.1, -0.05) is 11.6 Å². The molecule has 0 aromatic heterocycles. The number of sulfonamides is 1. The molecule has 0 aliphatic carbocycles. The standard InChI is InChI=1S/C13H16ClN3O2S/c1-9-12(3-2-6-16-9)17-20(18,19)13-7-11(14)5-4-10(13)8-15/h4-5,7,9,12,16-17H,2-3,6H2,1H3. The molecule has 0 saturated carbocycles. The normalized spacial score (nSPS) is 23.2. The summed E-state index contributed by atoms with van der Waals surface area (Å²) in [5.41, 5.74) is 0.0957. The molecule has 2 atom stereocenters. The zero-order valence-corrected chi connectivity index (χ0v) is 12.6. The number of nitrogens with one attached hydrogen (secondary N) is 2. The fourth-order valence-electron chi connectivity index (χ4n) is 2.28. The molecule has 2 unspecified atom stereocenters. The van der Waals surface area contributed by atoms with Crippen molar-refractivity contribution in [2.75, 3.05) is 6.54 Å². The first-order valence-corrected chi connectivity index (χ1v) is 8.25. The molecule has 0 bridgehead atoms. The zero-order chi connectivity index (χ0) is 14.8. The third-order valence-corrected chi connectivity index (χ3v) is 5.19. The van der Waals surface area contributed by atoms with Crippen LogP contribution in [0.25, 0.3) is 0 Å². The number of piperidine rings is 1. The van der Waals surface area contributed by atoms with Crippen LogP contribution in [0, 0.1) is 11.3 Å². The third kappa shape index (κ3) is 3.30. The topological polar surface area (TPSA) is 82.0 Å². The second-order valence-corrected chi connectivity index (χ2v) is 6.98. The van der Waals surface area contributed by atoms with Crippen LogP contribution in [-0.2, 0) is 10.0 Å². The van der Waals surface area contributed by atoms with Crippen molar-refractivity contribution in [2.24, 2.45) is 0 Å². The molecule has 1 fully saturated rings. The van der Waals surface area contributed by atoms with E-state index in [0.717, 1.165) is 19.4 Å². The minimum absolute atomic E-state index is 0.0586. The Hall–Kier alpha value is -1.13. The van der Waals surface area contributed by atoms with Crippen molar-refractivity contribution in [3.05, 3.63) is 28.8 Å². The monoisotopic (exact) mass is 313 g/mol. The summed E-state index contributed by atoms with van der Waals surface area (Å²) in [5.74, 6) is 0. The van der Waals surface area contributed by atoms with Crippen molar-refractivity contribution in [3.63, 3.8) is 0 Å². The number of hydrogen-bond acceptors (Lipinski definition) is 4. The summed E-state index contributed by atoms with van der Waals surface area (Å²) < 4.78 is 27.5. The number of halogens is 1. The van der Waals surface area contributed by atoms with Crippen LogP contribution >= 0.6 is 11.6 Å². The zero-order valence-electron chi connectivity index (χ0n) is 11.1. The van der Waals surface area contributed by atoms with Gasteiger partial charge < -0.3 is 5.32 Å². The molecule has 20 heavy (non-hydrogen) atoms. The number of benzene rings is 1. The SMILES string of the molecule is CC1NCCCC1NS(=O)(=O)c1cc(Cl)ccc1C#N. The summed E-state index contributed by atoms with van der Waals surface area (Å²) in [4.78, 5) is -0.0646. The maximum atomic E-state index is 12.4. The van der Waals surface area contributed by atoms with E-state index >= 15 is 0 Å². The van der Waals surface area contributed by atoms with Gasteiger partial charge in [-0.25, -0.2) is 13.1 Å². The molecule has 0 radical (unpaired) electrons. The molecular formula is C13H16ClN3O2S. The van der Waals surface area contributed by atoms with E-state index in [1.807, 2.05) is 13.0 Å². The van der Waals surface area contributed by atoms with Gasteiger partial charge in [-0.05, 0) is 44.5 Å². The summed E-state index contributed by atoms with van der Waals surface area (Å²) >= 11 is 5.84. The highest BCUT2D eigenvalue weighted by Gasteiger charge is 2.28. The van der Waals surface area contributed by atoms with Crippen LogP contribution in [0.3, 0.4) is 0 Å². The number of nitriles is 1. The molecule has 2 N–H and O–H groups in total. The Morgan fingerprint density at radius 1 is 1.50 bits per heavy atom. The Kier molecular flexibility index (Phi) is 4.66. The summed E-state index contributed by atoms with van der Waals surface area (Å²) in [5, 5.41) is 12.6. The number of hydrogen-bond donors (Lipinski definition) is 2. The fourth-order valence-corrected chi connectivity index (χ4v) is 4.05. The molecule has 1 aliphatic heterocycles. The molecule has 1 aliphatic rings. The molecule has 1 saturated heterocycles. The molecule has 1 aromatic rings. The second-order valence-electron chi connectivity index (χ2n) is 4.87. The lowest BCUT2D eigenvalue weighted by Gasteiger charge is -2.30. The van der Waals surface area contributed by atoms with E-state index in [2.05, 4.69) is 10.0 Å². The van der Waals surface area contributed by atoms with Crippen molar-refractivity contribution in [1.29, 1.82) is 5.26 Å². The minimum atomic E-state index is -3.76. The van der Waals surface area contributed by atoms with Gasteiger partial charge in [-0.2, -0.15) is 5.26 Å². The lowest BCUT2D eigenvalue weighted by Crippen LogP contribution is -2.51. The summed E-state index contributed by atoms with van der Waals surface area (Å²) in [6, 6.07) is 5.99. The lowest BCUT2D eigenvalue weighted by molar-refractivity contribution is 0.349. The van der Waals surface area contributed by atoms with Gasteiger partial charge in [0.2, 0.25) is 10.0 Å². The van der Waals surface area contributed by atoms with E-state index in [9.17, 15) is 8.42 Å². The minimum Gasteiger partial charge on any atom is -0.313 e. The van der Waals surface area contributed by atoms with Gasteiger partial charge in [0, 0.05) is 17.1 Å². The van der Waals surface area contributed by atoms with E-state index < -0.39 is 10.0 Å². The van der Waals surface area contributed by atoms with E-state index in [4.69, 9.17) is 16.9 Å². The van der Waals surface area contributed by atoms with Crippen LogP contribution in [0.4, 0.5) is 0 Å². The van der Waals surface area contributed by atoms with Crippen LogP contribution in [0.15, 0.2) is 23.1 Å². The van der Waals surface area contributed by atoms with Gasteiger partial charge in [0.05, 0.1) is 5.56 Å². The maximum Gasteiger partial charge on any atom is 0.242 e. The first kappa shape index (κ1) is 15.3. The van der Waals surface area contributed by atoms with Gasteiger partial charge in [-0.15, -0.1) is 0 Å².